The monoisotopic (exact) mass is 545 g/mol. The number of rotatable bonds is 8. The number of alkyl halides is 3. The summed E-state index contributed by atoms with van der Waals surface area (Å²) >= 11 is 0. The molecule has 0 saturated carbocycles. The van der Waals surface area contributed by atoms with Gasteiger partial charge in [0.25, 0.3) is 0 Å². The van der Waals surface area contributed by atoms with Crippen molar-refractivity contribution in [2.75, 3.05) is 30.3 Å². The van der Waals surface area contributed by atoms with Crippen LogP contribution in [0.5, 0.6) is 6.01 Å². The van der Waals surface area contributed by atoms with Crippen molar-refractivity contribution in [3.63, 3.8) is 0 Å². The molecule has 0 atom stereocenters. The molecule has 3 aromatic rings. The highest BCUT2D eigenvalue weighted by molar-refractivity contribution is 5.85. The van der Waals surface area contributed by atoms with E-state index in [1.165, 1.54) is 12.1 Å². The standard InChI is InChI=1S/C23H26F3N7O.2ClH/c1-2-34-22-31-20(28-17-9-12-33(13-10-17)15-19-7-3-4-11-27-19)30-21(32-22)29-18-8-5-6-16(14-18)23(24,25)26;;/h3-8,11,14,17H,2,9-10,12-13,15H2,1H3,(H2,28,29,30,31,32);2*1H. The summed E-state index contributed by atoms with van der Waals surface area (Å²) in [6.45, 7) is 4.74. The van der Waals surface area contributed by atoms with Crippen LogP contribution in [0, 0.1) is 0 Å². The van der Waals surface area contributed by atoms with Crippen LogP contribution in [0.1, 0.15) is 31.0 Å². The van der Waals surface area contributed by atoms with E-state index in [2.05, 4.69) is 35.5 Å². The number of hydrogen-bond donors (Lipinski definition) is 2. The van der Waals surface area contributed by atoms with E-state index in [1.54, 1.807) is 13.1 Å². The first-order valence-corrected chi connectivity index (χ1v) is 11.1. The van der Waals surface area contributed by atoms with E-state index in [9.17, 15) is 13.2 Å². The summed E-state index contributed by atoms with van der Waals surface area (Å²) in [5.41, 5.74) is 0.502. The molecule has 2 aromatic heterocycles. The van der Waals surface area contributed by atoms with Gasteiger partial charge in [-0.05, 0) is 50.1 Å². The Morgan fingerprint density at radius 2 is 1.75 bits per heavy atom. The number of halogens is 5. The molecule has 0 spiro atoms. The molecule has 1 aromatic carbocycles. The third kappa shape index (κ3) is 8.35. The highest BCUT2D eigenvalue weighted by atomic mass is 35.5. The van der Waals surface area contributed by atoms with E-state index < -0.39 is 11.7 Å². The third-order valence-electron chi connectivity index (χ3n) is 5.37. The normalized spacial score (nSPS) is 14.3. The first kappa shape index (κ1) is 29.3. The zero-order chi connectivity index (χ0) is 24.0. The Morgan fingerprint density at radius 1 is 1.00 bits per heavy atom. The van der Waals surface area contributed by atoms with Gasteiger partial charge in [-0.25, -0.2) is 0 Å². The van der Waals surface area contributed by atoms with Crippen LogP contribution in [-0.4, -0.2) is 50.6 Å². The highest BCUT2D eigenvalue weighted by Gasteiger charge is 2.30. The van der Waals surface area contributed by atoms with Crippen molar-refractivity contribution in [1.82, 2.24) is 24.8 Å². The molecule has 36 heavy (non-hydrogen) atoms. The maximum atomic E-state index is 13.0. The molecule has 0 unspecified atom stereocenters. The second-order valence-electron chi connectivity index (χ2n) is 7.92. The average Bonchev–Trinajstić information content (AvgIpc) is 2.81. The van der Waals surface area contributed by atoms with Gasteiger partial charge in [0.05, 0.1) is 17.9 Å². The Morgan fingerprint density at radius 3 is 2.42 bits per heavy atom. The van der Waals surface area contributed by atoms with Gasteiger partial charge >= 0.3 is 12.2 Å². The topological polar surface area (TPSA) is 88.1 Å². The van der Waals surface area contributed by atoms with Crippen molar-refractivity contribution in [3.05, 3.63) is 59.9 Å². The van der Waals surface area contributed by atoms with Crippen molar-refractivity contribution < 1.29 is 17.9 Å². The average molecular weight is 546 g/mol. The number of hydrogen-bond acceptors (Lipinski definition) is 8. The van der Waals surface area contributed by atoms with E-state index in [4.69, 9.17) is 4.74 Å². The van der Waals surface area contributed by atoms with Crippen LogP contribution in [0.25, 0.3) is 0 Å². The molecule has 0 amide bonds. The Balaban J connectivity index is 0.00000228. The number of anilines is 3. The fourth-order valence-electron chi connectivity index (χ4n) is 3.71. The molecule has 3 heterocycles. The predicted molar refractivity (Wildman–Crippen MR) is 136 cm³/mol. The maximum Gasteiger partial charge on any atom is 0.416 e. The van der Waals surface area contributed by atoms with Crippen molar-refractivity contribution in [2.24, 2.45) is 0 Å². The number of nitrogens with one attached hydrogen (secondary N) is 2. The Labute approximate surface area is 219 Å². The number of nitrogens with zero attached hydrogens (tertiary/aromatic N) is 5. The van der Waals surface area contributed by atoms with Gasteiger partial charge in [-0.2, -0.15) is 28.1 Å². The molecule has 2 N–H and O–H groups in total. The molecule has 1 aliphatic heterocycles. The Bertz CT molecular complexity index is 1080. The number of aromatic nitrogens is 4. The van der Waals surface area contributed by atoms with Crippen molar-refractivity contribution in [2.45, 2.75) is 38.5 Å². The van der Waals surface area contributed by atoms with Gasteiger partial charge in [0, 0.05) is 37.6 Å². The zero-order valence-corrected chi connectivity index (χ0v) is 21.2. The van der Waals surface area contributed by atoms with Crippen molar-refractivity contribution >= 4 is 42.4 Å². The molecule has 4 rings (SSSR count). The Kier molecular flexibility index (Phi) is 10.9. The number of pyridine rings is 1. The zero-order valence-electron chi connectivity index (χ0n) is 19.5. The minimum Gasteiger partial charge on any atom is -0.464 e. The summed E-state index contributed by atoms with van der Waals surface area (Å²) in [6, 6.07) is 11.0. The molecular formula is C23H28Cl2F3N7O. The molecule has 196 valence electrons. The van der Waals surface area contributed by atoms with Crippen LogP contribution < -0.4 is 15.4 Å². The smallest absolute Gasteiger partial charge is 0.416 e. The molecule has 1 aliphatic rings. The summed E-state index contributed by atoms with van der Waals surface area (Å²) in [7, 11) is 0. The summed E-state index contributed by atoms with van der Waals surface area (Å²) in [4.78, 5) is 19.6. The molecule has 13 heteroatoms. The highest BCUT2D eigenvalue weighted by Crippen LogP contribution is 2.31. The SMILES string of the molecule is CCOc1nc(Nc2cccc(C(F)(F)F)c2)nc(NC2CCN(Cc3ccccn3)CC2)n1.Cl.Cl. The molecule has 0 radical (unpaired) electrons. The second-order valence-corrected chi connectivity index (χ2v) is 7.92. The van der Waals surface area contributed by atoms with Gasteiger partial charge in [-0.3, -0.25) is 9.88 Å². The Hall–Kier alpha value is -2.89. The van der Waals surface area contributed by atoms with Gasteiger partial charge in [0.15, 0.2) is 0 Å². The van der Waals surface area contributed by atoms with E-state index in [1.807, 2.05) is 18.2 Å². The number of benzene rings is 1. The molecule has 1 saturated heterocycles. The molecule has 1 fully saturated rings. The molecule has 8 nitrogen and oxygen atoms in total. The van der Waals surface area contributed by atoms with Gasteiger partial charge in [-0.1, -0.05) is 12.1 Å². The van der Waals surface area contributed by atoms with Crippen LogP contribution in [0.2, 0.25) is 0 Å². The van der Waals surface area contributed by atoms with Crippen LogP contribution in [0.15, 0.2) is 48.7 Å². The minimum absolute atomic E-state index is 0. The van der Waals surface area contributed by atoms with E-state index >= 15 is 0 Å². The minimum atomic E-state index is -4.44. The molecule has 0 aliphatic carbocycles. The van der Waals surface area contributed by atoms with Gasteiger partial charge in [-0.15, -0.1) is 24.8 Å². The predicted octanol–water partition coefficient (Wildman–Crippen LogP) is 5.35. The number of piperidine rings is 1. The van der Waals surface area contributed by atoms with E-state index in [0.717, 1.165) is 50.3 Å². The lowest BCUT2D eigenvalue weighted by atomic mass is 10.1. The maximum absolute atomic E-state index is 13.0. The lowest BCUT2D eigenvalue weighted by Gasteiger charge is -2.32. The number of ether oxygens (including phenoxy) is 1. The second kappa shape index (κ2) is 13.4. The largest absolute Gasteiger partial charge is 0.464 e. The van der Waals surface area contributed by atoms with E-state index in [0.29, 0.717) is 12.6 Å². The quantitative estimate of drug-likeness (QED) is 0.391. The first-order valence-electron chi connectivity index (χ1n) is 11.1. The van der Waals surface area contributed by atoms with Crippen LogP contribution in [-0.2, 0) is 12.7 Å². The molecular weight excluding hydrogens is 518 g/mol. The van der Waals surface area contributed by atoms with Crippen molar-refractivity contribution in [3.8, 4) is 6.01 Å². The third-order valence-corrected chi connectivity index (χ3v) is 5.37. The number of likely N-dealkylation sites (tertiary alicyclic amines) is 1. The van der Waals surface area contributed by atoms with Crippen LogP contribution in [0.4, 0.5) is 30.8 Å². The summed E-state index contributed by atoms with van der Waals surface area (Å²) in [6.07, 6.45) is -0.867. The van der Waals surface area contributed by atoms with Gasteiger partial charge in [0.1, 0.15) is 0 Å². The van der Waals surface area contributed by atoms with E-state index in [-0.39, 0.29) is 48.5 Å². The summed E-state index contributed by atoms with van der Waals surface area (Å²) < 4.78 is 44.6. The molecule has 0 bridgehead atoms. The lowest BCUT2D eigenvalue weighted by molar-refractivity contribution is -0.137. The summed E-state index contributed by atoms with van der Waals surface area (Å²) in [5, 5.41) is 6.15. The summed E-state index contributed by atoms with van der Waals surface area (Å²) in [5.74, 6) is 0.420. The van der Waals surface area contributed by atoms with Crippen molar-refractivity contribution in [1.29, 1.82) is 0 Å². The first-order chi connectivity index (χ1) is 16.4. The van der Waals surface area contributed by atoms with Gasteiger partial charge in [0.2, 0.25) is 11.9 Å². The van der Waals surface area contributed by atoms with Crippen LogP contribution >= 0.6 is 24.8 Å². The fourth-order valence-corrected chi connectivity index (χ4v) is 3.71. The van der Waals surface area contributed by atoms with Gasteiger partial charge < -0.3 is 15.4 Å². The lowest BCUT2D eigenvalue weighted by Crippen LogP contribution is -2.39. The van der Waals surface area contributed by atoms with Crippen LogP contribution in [0.3, 0.4) is 0 Å². The fraction of sp³-hybridized carbons (Fsp3) is 0.391.